The van der Waals surface area contributed by atoms with E-state index in [9.17, 15) is 19.8 Å². The maximum atomic E-state index is 12.2. The largest absolute Gasteiger partial charge is 0.462 e. The zero-order valence-corrected chi connectivity index (χ0v) is 33.4. The highest BCUT2D eigenvalue weighted by Crippen LogP contribution is 2.15. The average molecular weight is 717 g/mol. The van der Waals surface area contributed by atoms with Crippen LogP contribution < -0.4 is 0 Å². The molecule has 0 rings (SSSR count). The first-order valence-corrected chi connectivity index (χ1v) is 21.2. The van der Waals surface area contributed by atoms with E-state index in [1.54, 1.807) is 0 Å². The third-order valence-electron chi connectivity index (χ3n) is 9.13. The number of unbranched alkanes of at least 4 members (excludes halogenated alkanes) is 19. The molecule has 0 bridgehead atoms. The van der Waals surface area contributed by atoms with E-state index in [1.807, 2.05) is 42.5 Å². The Morgan fingerprint density at radius 3 is 1.75 bits per heavy atom. The van der Waals surface area contributed by atoms with Gasteiger partial charge in [-0.15, -0.1) is 0 Å². The van der Waals surface area contributed by atoms with Crippen LogP contribution in [-0.4, -0.2) is 47.6 Å². The van der Waals surface area contributed by atoms with Crippen molar-refractivity contribution >= 4 is 11.9 Å². The van der Waals surface area contributed by atoms with Crippen molar-refractivity contribution in [2.75, 3.05) is 13.2 Å². The Kier molecular flexibility index (Phi) is 37.4. The third kappa shape index (κ3) is 38.9. The quantitative estimate of drug-likeness (QED) is 0.0288. The predicted molar refractivity (Wildman–Crippen MR) is 216 cm³/mol. The first-order chi connectivity index (χ1) is 24.9. The smallest absolute Gasteiger partial charge is 0.306 e. The molecule has 0 aromatic carbocycles. The van der Waals surface area contributed by atoms with Crippen LogP contribution in [0, 0.1) is 5.92 Å². The van der Waals surface area contributed by atoms with Crippen LogP contribution in [0.4, 0.5) is 0 Å². The summed E-state index contributed by atoms with van der Waals surface area (Å²) in [5, 5.41) is 19.6. The highest BCUT2D eigenvalue weighted by atomic mass is 16.6. The number of aliphatic hydroxyl groups excluding tert-OH is 2. The Balaban J connectivity index is 3.67. The van der Waals surface area contributed by atoms with Gasteiger partial charge in [-0.2, -0.15) is 0 Å². The molecule has 6 heteroatoms. The van der Waals surface area contributed by atoms with E-state index in [0.29, 0.717) is 19.3 Å². The predicted octanol–water partition coefficient (Wildman–Crippen LogP) is 12.2. The van der Waals surface area contributed by atoms with Crippen LogP contribution in [0.25, 0.3) is 0 Å². The highest BCUT2D eigenvalue weighted by Gasteiger charge is 2.16. The van der Waals surface area contributed by atoms with E-state index >= 15 is 0 Å². The Morgan fingerprint density at radius 2 is 1.16 bits per heavy atom. The maximum absolute atomic E-state index is 12.2. The van der Waals surface area contributed by atoms with Crippen molar-refractivity contribution in [2.24, 2.45) is 5.92 Å². The standard InChI is InChI=1S/C45H80O6/c1-4-5-6-7-19-25-30-35-42(47)36-31-26-21-18-23-28-33-38-45(49)51-43(39-46)40-50-44(48)37-32-27-22-17-15-13-11-9-8-10-12-14-16-20-24-29-34-41(2)3/h18-19,23,25-26,30-31,35,41-43,46-47H,4-17,20-22,24,27-29,32-34,36-40H2,1-3H3/b23-18+,25-19-,31-26-,35-30-/t42-,43-/m0/s1. The summed E-state index contributed by atoms with van der Waals surface area (Å²) in [5.74, 6) is 0.158. The average Bonchev–Trinajstić information content (AvgIpc) is 3.11. The van der Waals surface area contributed by atoms with Gasteiger partial charge in [-0.1, -0.05) is 185 Å². The minimum Gasteiger partial charge on any atom is -0.462 e. The summed E-state index contributed by atoms with van der Waals surface area (Å²) in [5.41, 5.74) is 0. The molecule has 0 unspecified atom stereocenters. The molecule has 0 saturated carbocycles. The number of carbonyl (C=O) groups is 2. The lowest BCUT2D eigenvalue weighted by Gasteiger charge is -2.15. The normalized spacial score (nSPS) is 13.4. The van der Waals surface area contributed by atoms with E-state index in [-0.39, 0.29) is 25.6 Å². The lowest BCUT2D eigenvalue weighted by atomic mass is 10.0. The Hall–Kier alpha value is -2.18. The van der Waals surface area contributed by atoms with Crippen LogP contribution in [0.5, 0.6) is 0 Å². The van der Waals surface area contributed by atoms with Gasteiger partial charge in [0.2, 0.25) is 0 Å². The van der Waals surface area contributed by atoms with Crippen molar-refractivity contribution in [3.63, 3.8) is 0 Å². The van der Waals surface area contributed by atoms with E-state index in [1.165, 1.54) is 109 Å². The number of hydrogen-bond donors (Lipinski definition) is 2. The van der Waals surface area contributed by atoms with Crippen LogP contribution in [-0.2, 0) is 19.1 Å². The fourth-order valence-electron chi connectivity index (χ4n) is 5.87. The van der Waals surface area contributed by atoms with Crippen molar-refractivity contribution in [1.29, 1.82) is 0 Å². The monoisotopic (exact) mass is 717 g/mol. The highest BCUT2D eigenvalue weighted by molar-refractivity contribution is 5.70. The van der Waals surface area contributed by atoms with Crippen molar-refractivity contribution in [3.8, 4) is 0 Å². The molecule has 2 N–H and O–H groups in total. The number of esters is 2. The van der Waals surface area contributed by atoms with Crippen molar-refractivity contribution in [2.45, 2.75) is 206 Å². The molecule has 6 nitrogen and oxygen atoms in total. The number of hydrogen-bond acceptors (Lipinski definition) is 6. The molecule has 0 aromatic heterocycles. The molecule has 0 amide bonds. The molecule has 0 aliphatic carbocycles. The fourth-order valence-corrected chi connectivity index (χ4v) is 5.87. The molecule has 0 aliphatic rings. The SMILES string of the molecule is CCCCC/C=C\C=C/[C@H](O)C/C=C\C/C=C/CCCC(=O)O[C@@H](CO)COC(=O)CCCCCCCCCCCCCCCCCCC(C)C. The van der Waals surface area contributed by atoms with Gasteiger partial charge in [0.15, 0.2) is 6.10 Å². The zero-order valence-electron chi connectivity index (χ0n) is 33.4. The molecule has 0 radical (unpaired) electrons. The molecule has 0 aliphatic heterocycles. The summed E-state index contributed by atoms with van der Waals surface area (Å²) in [4.78, 5) is 24.3. The molecule has 51 heavy (non-hydrogen) atoms. The van der Waals surface area contributed by atoms with Gasteiger partial charge in [-0.05, 0) is 50.9 Å². The molecule has 0 spiro atoms. The number of carbonyl (C=O) groups excluding carboxylic acids is 2. The number of rotatable bonds is 37. The Morgan fingerprint density at radius 1 is 0.608 bits per heavy atom. The van der Waals surface area contributed by atoms with Gasteiger partial charge in [-0.25, -0.2) is 0 Å². The molecule has 0 aromatic rings. The van der Waals surface area contributed by atoms with Crippen molar-refractivity contribution < 1.29 is 29.3 Å². The molecule has 0 heterocycles. The van der Waals surface area contributed by atoms with Gasteiger partial charge in [0, 0.05) is 12.8 Å². The number of allylic oxidation sites excluding steroid dienone is 6. The fraction of sp³-hybridized carbons (Fsp3) is 0.778. The minimum absolute atomic E-state index is 0.105. The van der Waals surface area contributed by atoms with Gasteiger partial charge in [0.1, 0.15) is 6.61 Å². The van der Waals surface area contributed by atoms with Gasteiger partial charge >= 0.3 is 11.9 Å². The van der Waals surface area contributed by atoms with Gasteiger partial charge in [0.05, 0.1) is 12.7 Å². The van der Waals surface area contributed by atoms with E-state index < -0.39 is 18.2 Å². The van der Waals surface area contributed by atoms with Crippen LogP contribution in [0.1, 0.15) is 194 Å². The maximum Gasteiger partial charge on any atom is 0.306 e. The minimum atomic E-state index is -0.821. The summed E-state index contributed by atoms with van der Waals surface area (Å²) >= 11 is 0. The van der Waals surface area contributed by atoms with Gasteiger partial charge in [0.25, 0.3) is 0 Å². The second kappa shape index (κ2) is 39.0. The first-order valence-electron chi connectivity index (χ1n) is 21.2. The van der Waals surface area contributed by atoms with Crippen molar-refractivity contribution in [3.05, 3.63) is 48.6 Å². The second-order valence-corrected chi connectivity index (χ2v) is 14.7. The Labute approximate surface area is 314 Å². The van der Waals surface area contributed by atoms with Crippen molar-refractivity contribution in [1.82, 2.24) is 0 Å². The van der Waals surface area contributed by atoms with Crippen LogP contribution in [0.15, 0.2) is 48.6 Å². The van der Waals surface area contributed by atoms with E-state index in [4.69, 9.17) is 9.47 Å². The molecule has 0 saturated heterocycles. The van der Waals surface area contributed by atoms with Crippen LogP contribution in [0.2, 0.25) is 0 Å². The van der Waals surface area contributed by atoms with E-state index in [2.05, 4.69) is 26.8 Å². The van der Waals surface area contributed by atoms with Crippen LogP contribution in [0.3, 0.4) is 0 Å². The van der Waals surface area contributed by atoms with Crippen LogP contribution >= 0.6 is 0 Å². The lowest BCUT2D eigenvalue weighted by molar-refractivity contribution is -0.161. The molecule has 0 fully saturated rings. The summed E-state index contributed by atoms with van der Waals surface area (Å²) in [6.45, 7) is 6.36. The second-order valence-electron chi connectivity index (χ2n) is 14.7. The summed E-state index contributed by atoms with van der Waals surface area (Å²) in [6, 6.07) is 0. The molecule has 2 atom stereocenters. The first kappa shape index (κ1) is 48.8. The summed E-state index contributed by atoms with van der Waals surface area (Å²) in [6.07, 6.45) is 44.9. The van der Waals surface area contributed by atoms with Gasteiger partial charge < -0.3 is 19.7 Å². The zero-order chi connectivity index (χ0) is 37.5. The topological polar surface area (TPSA) is 93.1 Å². The number of ether oxygens (including phenoxy) is 2. The van der Waals surface area contributed by atoms with Gasteiger partial charge in [-0.3, -0.25) is 9.59 Å². The van der Waals surface area contributed by atoms with E-state index in [0.717, 1.165) is 44.4 Å². The molecular formula is C45H80O6. The summed E-state index contributed by atoms with van der Waals surface area (Å²) < 4.78 is 10.6. The summed E-state index contributed by atoms with van der Waals surface area (Å²) in [7, 11) is 0. The lowest BCUT2D eigenvalue weighted by Crippen LogP contribution is -2.28. The Bertz CT molecular complexity index is 889. The molecule has 296 valence electrons. The molecular weight excluding hydrogens is 636 g/mol. The third-order valence-corrected chi connectivity index (χ3v) is 9.13. The number of aliphatic hydroxyl groups is 2.